The summed E-state index contributed by atoms with van der Waals surface area (Å²) in [6, 6.07) is 17.8. The van der Waals surface area contributed by atoms with E-state index in [4.69, 9.17) is 19.5 Å². The van der Waals surface area contributed by atoms with Gasteiger partial charge in [-0.2, -0.15) is 14.0 Å². The average molecular weight is 626 g/mol. The summed E-state index contributed by atoms with van der Waals surface area (Å²) in [5.74, 6) is -3.91. The second kappa shape index (κ2) is 13.9. The Kier molecular flexibility index (Phi) is 9.93. The molecule has 1 heterocycles. The van der Waals surface area contributed by atoms with Crippen LogP contribution in [0.5, 0.6) is 0 Å². The molecule has 0 atom stereocenters. The summed E-state index contributed by atoms with van der Waals surface area (Å²) >= 11 is 0. The molecule has 4 aromatic rings. The Morgan fingerprint density at radius 3 is 2.02 bits per heavy atom. The lowest BCUT2D eigenvalue weighted by Gasteiger charge is -2.32. The van der Waals surface area contributed by atoms with Gasteiger partial charge in [0.15, 0.2) is 6.29 Å². The fourth-order valence-corrected chi connectivity index (χ4v) is 5.15. The van der Waals surface area contributed by atoms with Crippen LogP contribution in [0.25, 0.3) is 22.3 Å². The summed E-state index contributed by atoms with van der Waals surface area (Å²) in [6.07, 6.45) is -2.46. The van der Waals surface area contributed by atoms with Gasteiger partial charge in [-0.15, -0.1) is 0 Å². The molecule has 1 fully saturated rings. The Bertz CT molecular complexity index is 1670. The van der Waals surface area contributed by atoms with Crippen LogP contribution in [0.2, 0.25) is 0 Å². The lowest BCUT2D eigenvalue weighted by molar-refractivity contribution is -0.321. The summed E-state index contributed by atoms with van der Waals surface area (Å²) in [5, 5.41) is 8.85. The number of nitriles is 1. The standard InChI is InChI=1S/C35H29F6NO3/c1-2-3-4-5-21-6-13-29(33(39)14-21)35(40,41)45-26-19-43-34(44-20-26)23-9-7-22(8-10-23)24-11-12-27(30(36)15-24)25-16-31(37)28(18-42)32(38)17-25/h6-17,26,34H,2-5,19-20H2,1H3. The van der Waals surface area contributed by atoms with Crippen molar-refractivity contribution >= 4 is 0 Å². The number of alkyl halides is 2. The summed E-state index contributed by atoms with van der Waals surface area (Å²) < 4.78 is 103. The molecule has 1 aliphatic heterocycles. The minimum atomic E-state index is -3.88. The zero-order valence-electron chi connectivity index (χ0n) is 24.3. The van der Waals surface area contributed by atoms with Crippen molar-refractivity contribution in [3.8, 4) is 28.3 Å². The number of ether oxygens (including phenoxy) is 3. The maximum absolute atomic E-state index is 15.0. The van der Waals surface area contributed by atoms with Crippen LogP contribution < -0.4 is 0 Å². The molecule has 0 unspecified atom stereocenters. The number of hydrogen-bond acceptors (Lipinski definition) is 4. The van der Waals surface area contributed by atoms with Gasteiger partial charge in [0, 0.05) is 11.1 Å². The van der Waals surface area contributed by atoms with Gasteiger partial charge in [0.05, 0.1) is 18.8 Å². The Hall–Kier alpha value is -4.17. The van der Waals surface area contributed by atoms with Crippen LogP contribution in [0, 0.1) is 34.6 Å². The topological polar surface area (TPSA) is 51.5 Å². The first-order valence-electron chi connectivity index (χ1n) is 14.5. The van der Waals surface area contributed by atoms with Gasteiger partial charge in [-0.05, 0) is 65.4 Å². The highest BCUT2D eigenvalue weighted by molar-refractivity contribution is 5.71. The maximum Gasteiger partial charge on any atom is 0.386 e. The SMILES string of the molecule is CCCCCc1ccc(C(F)(F)OC2COC(c3ccc(-c4ccc(-c5cc(F)c(C#N)c(F)c5)c(F)c4)cc3)OC2)c(F)c1. The molecule has 234 valence electrons. The molecule has 0 radical (unpaired) electrons. The first-order valence-corrected chi connectivity index (χ1v) is 14.5. The van der Waals surface area contributed by atoms with Crippen LogP contribution in [0.3, 0.4) is 0 Å². The van der Waals surface area contributed by atoms with E-state index in [1.54, 1.807) is 30.3 Å². The number of hydrogen-bond donors (Lipinski definition) is 0. The molecule has 0 N–H and O–H groups in total. The zero-order valence-corrected chi connectivity index (χ0v) is 24.3. The van der Waals surface area contributed by atoms with Gasteiger partial charge >= 0.3 is 6.11 Å². The van der Waals surface area contributed by atoms with Crippen molar-refractivity contribution < 1.29 is 40.6 Å². The van der Waals surface area contributed by atoms with Crippen molar-refractivity contribution in [3.63, 3.8) is 0 Å². The van der Waals surface area contributed by atoms with E-state index in [0.29, 0.717) is 28.7 Å². The first kappa shape index (κ1) is 32.2. The van der Waals surface area contributed by atoms with Crippen molar-refractivity contribution in [1.29, 1.82) is 5.26 Å². The number of nitrogens with zero attached hydrogens (tertiary/aromatic N) is 1. The van der Waals surface area contributed by atoms with Gasteiger partial charge in [-0.3, -0.25) is 0 Å². The molecule has 0 aliphatic carbocycles. The Morgan fingerprint density at radius 2 is 1.42 bits per heavy atom. The molecular formula is C35H29F6NO3. The maximum atomic E-state index is 15.0. The summed E-state index contributed by atoms with van der Waals surface area (Å²) in [4.78, 5) is 0. The smallest absolute Gasteiger partial charge is 0.346 e. The first-order chi connectivity index (χ1) is 21.6. The van der Waals surface area contributed by atoms with Crippen molar-refractivity contribution in [2.75, 3.05) is 13.2 Å². The minimum Gasteiger partial charge on any atom is -0.346 e. The van der Waals surface area contributed by atoms with Crippen LogP contribution in [0.4, 0.5) is 26.3 Å². The molecule has 0 saturated carbocycles. The second-order valence-corrected chi connectivity index (χ2v) is 10.8. The van der Waals surface area contributed by atoms with Crippen LogP contribution in [-0.4, -0.2) is 19.3 Å². The van der Waals surface area contributed by atoms with Gasteiger partial charge < -0.3 is 14.2 Å². The molecule has 0 amide bonds. The third kappa shape index (κ3) is 7.39. The zero-order chi connectivity index (χ0) is 32.1. The monoisotopic (exact) mass is 625 g/mol. The number of rotatable bonds is 10. The average Bonchev–Trinajstić information content (AvgIpc) is 3.01. The molecule has 0 spiro atoms. The van der Waals surface area contributed by atoms with Crippen LogP contribution >= 0.6 is 0 Å². The number of benzene rings is 4. The highest BCUT2D eigenvalue weighted by atomic mass is 19.3. The van der Waals surface area contributed by atoms with E-state index in [1.807, 2.05) is 6.92 Å². The molecule has 45 heavy (non-hydrogen) atoms. The third-order valence-corrected chi connectivity index (χ3v) is 7.55. The van der Waals surface area contributed by atoms with Crippen molar-refractivity contribution in [2.24, 2.45) is 0 Å². The quantitative estimate of drug-likeness (QED) is 0.130. The van der Waals surface area contributed by atoms with Crippen molar-refractivity contribution in [1.82, 2.24) is 0 Å². The predicted molar refractivity (Wildman–Crippen MR) is 155 cm³/mol. The fraction of sp³-hybridized carbons (Fsp3) is 0.286. The minimum absolute atomic E-state index is 0.0359. The summed E-state index contributed by atoms with van der Waals surface area (Å²) in [5.41, 5.74) is 0.668. The molecule has 0 aromatic heterocycles. The lowest BCUT2D eigenvalue weighted by Crippen LogP contribution is -2.38. The van der Waals surface area contributed by atoms with E-state index in [2.05, 4.69) is 0 Å². The molecule has 4 aromatic carbocycles. The predicted octanol–water partition coefficient (Wildman–Crippen LogP) is 9.36. The Labute approximate surface area is 256 Å². The Balaban J connectivity index is 1.19. The normalized spacial score (nSPS) is 16.8. The largest absolute Gasteiger partial charge is 0.386 e. The molecule has 1 aliphatic rings. The highest BCUT2D eigenvalue weighted by Crippen LogP contribution is 2.36. The number of aryl methyl sites for hydroxylation is 1. The van der Waals surface area contributed by atoms with Gasteiger partial charge in [0.2, 0.25) is 0 Å². The van der Waals surface area contributed by atoms with E-state index in [0.717, 1.165) is 43.5 Å². The van der Waals surface area contributed by atoms with Gasteiger partial charge in [0.1, 0.15) is 41.0 Å². The summed E-state index contributed by atoms with van der Waals surface area (Å²) in [7, 11) is 0. The van der Waals surface area contributed by atoms with E-state index < -0.39 is 52.9 Å². The van der Waals surface area contributed by atoms with Crippen LogP contribution in [-0.2, 0) is 26.7 Å². The van der Waals surface area contributed by atoms with Crippen LogP contribution in [0.1, 0.15) is 54.7 Å². The highest BCUT2D eigenvalue weighted by Gasteiger charge is 2.40. The molecule has 1 saturated heterocycles. The van der Waals surface area contributed by atoms with Crippen molar-refractivity contribution in [2.45, 2.75) is 51.1 Å². The molecule has 5 rings (SSSR count). The molecule has 4 nitrogen and oxygen atoms in total. The molecule has 10 heteroatoms. The van der Waals surface area contributed by atoms with Crippen LogP contribution in [0.15, 0.2) is 72.8 Å². The van der Waals surface area contributed by atoms with E-state index in [9.17, 15) is 26.3 Å². The number of unbranched alkanes of at least 4 members (excludes halogenated alkanes) is 2. The second-order valence-electron chi connectivity index (χ2n) is 10.8. The van der Waals surface area contributed by atoms with Gasteiger partial charge in [0.25, 0.3) is 0 Å². The van der Waals surface area contributed by atoms with E-state index >= 15 is 0 Å². The number of halogens is 6. The van der Waals surface area contributed by atoms with Gasteiger partial charge in [-0.1, -0.05) is 62.2 Å². The lowest BCUT2D eigenvalue weighted by atomic mass is 9.98. The Morgan fingerprint density at radius 1 is 0.778 bits per heavy atom. The van der Waals surface area contributed by atoms with Gasteiger partial charge in [-0.25, -0.2) is 17.6 Å². The summed E-state index contributed by atoms with van der Waals surface area (Å²) in [6.45, 7) is 1.60. The molecular weight excluding hydrogens is 596 g/mol. The third-order valence-electron chi connectivity index (χ3n) is 7.55. The van der Waals surface area contributed by atoms with E-state index in [1.165, 1.54) is 24.3 Å². The van der Waals surface area contributed by atoms with Crippen molar-refractivity contribution in [3.05, 3.63) is 118 Å². The van der Waals surface area contributed by atoms with E-state index in [-0.39, 0.29) is 24.3 Å². The molecule has 0 bridgehead atoms. The fourth-order valence-electron chi connectivity index (χ4n) is 5.15.